The Morgan fingerprint density at radius 3 is 2.25 bits per heavy atom. The maximum absolute atomic E-state index is 13.1. The summed E-state index contributed by atoms with van der Waals surface area (Å²) >= 11 is 3.45. The van der Waals surface area contributed by atoms with Crippen molar-refractivity contribution in [3.63, 3.8) is 0 Å². The van der Waals surface area contributed by atoms with Gasteiger partial charge in [0.15, 0.2) is 17.1 Å². The van der Waals surface area contributed by atoms with Gasteiger partial charge in [-0.25, -0.2) is 5.43 Å². The van der Waals surface area contributed by atoms with Crippen LogP contribution in [0.15, 0.2) is 95.0 Å². The zero-order chi connectivity index (χ0) is 23.0. The largest absolute Gasteiger partial charge is 0.493 e. The summed E-state index contributed by atoms with van der Waals surface area (Å²) in [4.78, 5) is 13.1. The number of hydrogen-bond acceptors (Lipinski definition) is 5. The maximum atomic E-state index is 13.1. The van der Waals surface area contributed by atoms with Gasteiger partial charge in [-0.05, 0) is 44.8 Å². The molecule has 0 aromatic heterocycles. The molecule has 0 radical (unpaired) electrons. The summed E-state index contributed by atoms with van der Waals surface area (Å²) < 4.78 is 11.7. The first-order valence-corrected chi connectivity index (χ1v) is 10.6. The van der Waals surface area contributed by atoms with E-state index in [-0.39, 0.29) is 0 Å². The minimum Gasteiger partial charge on any atom is -0.493 e. The van der Waals surface area contributed by atoms with Gasteiger partial charge in [-0.2, -0.15) is 5.10 Å². The SMILES string of the molecule is C=CCOc1c(Br)cc(C=NNC(=O)C(O)(c2ccccc2)c2ccccc2)cc1OC. The quantitative estimate of drug-likeness (QED) is 0.262. The van der Waals surface area contributed by atoms with Crippen molar-refractivity contribution in [2.45, 2.75) is 5.60 Å². The van der Waals surface area contributed by atoms with E-state index in [1.54, 1.807) is 66.7 Å². The predicted molar refractivity (Wildman–Crippen MR) is 128 cm³/mol. The predicted octanol–water partition coefficient (Wildman–Crippen LogP) is 4.41. The van der Waals surface area contributed by atoms with E-state index in [4.69, 9.17) is 9.47 Å². The highest BCUT2D eigenvalue weighted by Crippen LogP contribution is 2.36. The lowest BCUT2D eigenvalue weighted by Gasteiger charge is -2.27. The number of halogens is 1. The van der Waals surface area contributed by atoms with Crippen molar-refractivity contribution in [2.24, 2.45) is 5.10 Å². The number of benzene rings is 3. The van der Waals surface area contributed by atoms with E-state index in [1.807, 2.05) is 12.1 Å². The summed E-state index contributed by atoms with van der Waals surface area (Å²) in [5, 5.41) is 15.5. The molecule has 3 aromatic carbocycles. The van der Waals surface area contributed by atoms with Crippen LogP contribution in [0.25, 0.3) is 0 Å². The number of ether oxygens (including phenoxy) is 2. The molecule has 0 atom stereocenters. The summed E-state index contributed by atoms with van der Waals surface area (Å²) in [5.74, 6) is 0.360. The highest BCUT2D eigenvalue weighted by atomic mass is 79.9. The number of nitrogens with one attached hydrogen (secondary N) is 1. The van der Waals surface area contributed by atoms with Crippen molar-refractivity contribution < 1.29 is 19.4 Å². The molecule has 0 aliphatic carbocycles. The van der Waals surface area contributed by atoms with Gasteiger partial charge in [0.1, 0.15) is 6.61 Å². The van der Waals surface area contributed by atoms with Gasteiger partial charge < -0.3 is 14.6 Å². The van der Waals surface area contributed by atoms with E-state index in [0.717, 1.165) is 0 Å². The number of carbonyl (C=O) groups is 1. The number of aliphatic hydroxyl groups is 1. The number of methoxy groups -OCH3 is 1. The Kier molecular flexibility index (Phi) is 7.81. The van der Waals surface area contributed by atoms with Gasteiger partial charge in [0.25, 0.3) is 5.91 Å². The molecule has 0 fully saturated rings. The molecule has 3 aromatic rings. The van der Waals surface area contributed by atoms with Gasteiger partial charge in [-0.15, -0.1) is 0 Å². The molecule has 164 valence electrons. The first-order chi connectivity index (χ1) is 15.5. The van der Waals surface area contributed by atoms with Gasteiger partial charge in [0.2, 0.25) is 0 Å². The zero-order valence-corrected chi connectivity index (χ0v) is 19.1. The van der Waals surface area contributed by atoms with E-state index in [0.29, 0.717) is 39.3 Å². The van der Waals surface area contributed by atoms with Crippen LogP contribution in [0.1, 0.15) is 16.7 Å². The molecule has 32 heavy (non-hydrogen) atoms. The average molecular weight is 495 g/mol. The second-order valence-corrected chi connectivity index (χ2v) is 7.63. The van der Waals surface area contributed by atoms with Crippen LogP contribution in [0, 0.1) is 0 Å². The molecule has 0 saturated carbocycles. The Balaban J connectivity index is 1.85. The minimum atomic E-state index is -1.90. The van der Waals surface area contributed by atoms with Crippen molar-refractivity contribution in [2.75, 3.05) is 13.7 Å². The molecule has 3 rings (SSSR count). The number of amides is 1. The Labute approximate surface area is 195 Å². The third-order valence-electron chi connectivity index (χ3n) is 4.69. The number of hydrazone groups is 1. The smallest absolute Gasteiger partial charge is 0.281 e. The second kappa shape index (κ2) is 10.7. The summed E-state index contributed by atoms with van der Waals surface area (Å²) in [6.45, 7) is 3.97. The second-order valence-electron chi connectivity index (χ2n) is 6.78. The van der Waals surface area contributed by atoms with Crippen LogP contribution in [0.5, 0.6) is 11.5 Å². The first kappa shape index (κ1) is 23.2. The highest BCUT2D eigenvalue weighted by Gasteiger charge is 2.39. The summed E-state index contributed by atoms with van der Waals surface area (Å²) in [7, 11) is 1.53. The topological polar surface area (TPSA) is 80.2 Å². The van der Waals surface area contributed by atoms with Crippen LogP contribution in [-0.2, 0) is 10.4 Å². The summed E-state index contributed by atoms with van der Waals surface area (Å²) in [5.41, 5.74) is 2.08. The summed E-state index contributed by atoms with van der Waals surface area (Å²) in [6, 6.07) is 21.0. The van der Waals surface area contributed by atoms with E-state index in [2.05, 4.69) is 33.0 Å². The monoisotopic (exact) mass is 494 g/mol. The van der Waals surface area contributed by atoms with E-state index in [9.17, 15) is 9.90 Å². The van der Waals surface area contributed by atoms with Crippen molar-refractivity contribution in [3.8, 4) is 11.5 Å². The van der Waals surface area contributed by atoms with E-state index in [1.165, 1.54) is 13.3 Å². The molecule has 0 bridgehead atoms. The number of nitrogens with zero attached hydrogens (tertiary/aromatic N) is 1. The molecule has 0 unspecified atom stereocenters. The minimum absolute atomic E-state index is 0.329. The Morgan fingerprint density at radius 2 is 1.72 bits per heavy atom. The average Bonchev–Trinajstić information content (AvgIpc) is 2.83. The van der Waals surface area contributed by atoms with Crippen molar-refractivity contribution >= 4 is 28.1 Å². The van der Waals surface area contributed by atoms with Gasteiger partial charge in [-0.3, -0.25) is 4.79 Å². The fourth-order valence-electron chi connectivity index (χ4n) is 3.13. The molecule has 7 heteroatoms. The first-order valence-electron chi connectivity index (χ1n) is 9.78. The third kappa shape index (κ3) is 5.07. The molecule has 0 heterocycles. The Morgan fingerprint density at radius 1 is 1.12 bits per heavy atom. The maximum Gasteiger partial charge on any atom is 0.281 e. The van der Waals surface area contributed by atoms with Crippen molar-refractivity contribution in [3.05, 3.63) is 107 Å². The number of hydrogen-bond donors (Lipinski definition) is 2. The normalized spacial score (nSPS) is 11.2. The lowest BCUT2D eigenvalue weighted by atomic mass is 9.85. The van der Waals surface area contributed by atoms with Crippen LogP contribution in [0.2, 0.25) is 0 Å². The van der Waals surface area contributed by atoms with Crippen LogP contribution in [0.3, 0.4) is 0 Å². The van der Waals surface area contributed by atoms with Gasteiger partial charge in [0.05, 0.1) is 17.8 Å². The molecular weight excluding hydrogens is 472 g/mol. The third-order valence-corrected chi connectivity index (χ3v) is 5.28. The van der Waals surface area contributed by atoms with E-state index < -0.39 is 11.5 Å². The lowest BCUT2D eigenvalue weighted by Crippen LogP contribution is -2.43. The number of rotatable bonds is 9. The van der Waals surface area contributed by atoms with Crippen LogP contribution in [0.4, 0.5) is 0 Å². The van der Waals surface area contributed by atoms with Crippen molar-refractivity contribution in [1.82, 2.24) is 5.43 Å². The van der Waals surface area contributed by atoms with Gasteiger partial charge in [0, 0.05) is 0 Å². The Bertz CT molecular complexity index is 1060. The summed E-state index contributed by atoms with van der Waals surface area (Å²) in [6.07, 6.45) is 3.09. The highest BCUT2D eigenvalue weighted by molar-refractivity contribution is 9.10. The van der Waals surface area contributed by atoms with Crippen LogP contribution in [-0.4, -0.2) is 30.9 Å². The standard InChI is InChI=1S/C25H23BrN2O4/c1-3-14-32-23-21(26)15-18(16-22(23)31-2)17-27-28-24(29)25(30,19-10-6-4-7-11-19)20-12-8-5-9-13-20/h3-13,15-17,30H,1,14H2,2H3,(H,28,29). The van der Waals surface area contributed by atoms with Crippen LogP contribution < -0.4 is 14.9 Å². The molecule has 0 aliphatic heterocycles. The molecule has 0 saturated heterocycles. The lowest BCUT2D eigenvalue weighted by molar-refractivity contribution is -0.136. The van der Waals surface area contributed by atoms with Gasteiger partial charge in [-0.1, -0.05) is 73.3 Å². The van der Waals surface area contributed by atoms with Crippen molar-refractivity contribution in [1.29, 1.82) is 0 Å². The molecule has 2 N–H and O–H groups in total. The molecular formula is C25H23BrN2O4. The van der Waals surface area contributed by atoms with Crippen LogP contribution >= 0.6 is 15.9 Å². The van der Waals surface area contributed by atoms with E-state index >= 15 is 0 Å². The fourth-order valence-corrected chi connectivity index (χ4v) is 3.70. The number of carbonyl (C=O) groups excluding carboxylic acids is 1. The zero-order valence-electron chi connectivity index (χ0n) is 17.5. The molecule has 6 nitrogen and oxygen atoms in total. The molecule has 0 spiro atoms. The molecule has 0 aliphatic rings. The fraction of sp³-hybridized carbons (Fsp3) is 0.120. The van der Waals surface area contributed by atoms with Gasteiger partial charge >= 0.3 is 0 Å². The molecule has 1 amide bonds. The Hall–Kier alpha value is -3.42.